The molecule has 1 aromatic heterocycles. The van der Waals surface area contributed by atoms with Gasteiger partial charge < -0.3 is 19.4 Å². The van der Waals surface area contributed by atoms with Crippen LogP contribution < -0.4 is 10.4 Å². The first kappa shape index (κ1) is 13.7. The Hall–Kier alpha value is -3.28. The average molecular weight is 298 g/mol. The molecule has 0 spiro atoms. The summed E-state index contributed by atoms with van der Waals surface area (Å²) in [7, 11) is 0. The maximum Gasteiger partial charge on any atom is 0.383 e. The summed E-state index contributed by atoms with van der Waals surface area (Å²) in [4.78, 5) is 23.8. The molecule has 0 bridgehead atoms. The molecule has 0 atom stereocenters. The Balaban J connectivity index is 2.07. The SMILES string of the molecule is O=C(Oc1c(O)c2cc(O)ccc2oc1=O)c1ccccc1. The van der Waals surface area contributed by atoms with Gasteiger partial charge >= 0.3 is 11.6 Å². The molecule has 2 aromatic carbocycles. The quantitative estimate of drug-likeness (QED) is 0.557. The third-order valence-electron chi connectivity index (χ3n) is 3.03. The van der Waals surface area contributed by atoms with Crippen LogP contribution in [0.25, 0.3) is 11.0 Å². The first-order chi connectivity index (χ1) is 10.6. The number of phenols is 1. The summed E-state index contributed by atoms with van der Waals surface area (Å²) in [5, 5.41) is 19.6. The molecule has 110 valence electrons. The first-order valence-corrected chi connectivity index (χ1v) is 6.32. The van der Waals surface area contributed by atoms with Gasteiger partial charge in [0, 0.05) is 0 Å². The fourth-order valence-electron chi connectivity index (χ4n) is 1.97. The molecule has 0 amide bonds. The van der Waals surface area contributed by atoms with Crippen LogP contribution in [0.5, 0.6) is 17.2 Å². The van der Waals surface area contributed by atoms with Crippen LogP contribution in [-0.2, 0) is 0 Å². The van der Waals surface area contributed by atoms with E-state index in [1.54, 1.807) is 18.2 Å². The number of aromatic hydroxyl groups is 2. The fourth-order valence-corrected chi connectivity index (χ4v) is 1.97. The molecule has 22 heavy (non-hydrogen) atoms. The van der Waals surface area contributed by atoms with E-state index in [1.807, 2.05) is 0 Å². The van der Waals surface area contributed by atoms with Crippen LogP contribution in [0.2, 0.25) is 0 Å². The smallest absolute Gasteiger partial charge is 0.383 e. The van der Waals surface area contributed by atoms with Gasteiger partial charge in [-0.1, -0.05) is 18.2 Å². The highest BCUT2D eigenvalue weighted by Gasteiger charge is 2.19. The molecule has 3 aromatic rings. The number of phenolic OH excluding ortho intramolecular Hbond substituents is 1. The Kier molecular flexibility index (Phi) is 3.27. The van der Waals surface area contributed by atoms with E-state index in [0.717, 1.165) is 0 Å². The number of hydrogen-bond acceptors (Lipinski definition) is 6. The zero-order chi connectivity index (χ0) is 15.7. The molecule has 0 saturated carbocycles. The van der Waals surface area contributed by atoms with E-state index >= 15 is 0 Å². The van der Waals surface area contributed by atoms with E-state index in [-0.39, 0.29) is 22.3 Å². The van der Waals surface area contributed by atoms with Gasteiger partial charge in [0.05, 0.1) is 10.9 Å². The molecule has 3 rings (SSSR count). The second-order valence-corrected chi connectivity index (χ2v) is 4.50. The lowest BCUT2D eigenvalue weighted by Gasteiger charge is -2.07. The Labute approximate surface area is 123 Å². The lowest BCUT2D eigenvalue weighted by molar-refractivity contribution is 0.0723. The van der Waals surface area contributed by atoms with Crippen molar-refractivity contribution in [3.8, 4) is 17.2 Å². The second kappa shape index (κ2) is 5.25. The number of fused-ring (bicyclic) bond motifs is 1. The summed E-state index contributed by atoms with van der Waals surface area (Å²) in [6.07, 6.45) is 0. The van der Waals surface area contributed by atoms with Crippen molar-refractivity contribution < 1.29 is 24.2 Å². The van der Waals surface area contributed by atoms with Crippen LogP contribution >= 0.6 is 0 Å². The highest BCUT2D eigenvalue weighted by molar-refractivity contribution is 5.93. The number of hydrogen-bond donors (Lipinski definition) is 2. The maximum absolute atomic E-state index is 12.0. The van der Waals surface area contributed by atoms with Gasteiger partial charge in [-0.2, -0.15) is 0 Å². The lowest BCUT2D eigenvalue weighted by atomic mass is 10.2. The number of carbonyl (C=O) groups is 1. The van der Waals surface area contributed by atoms with Gasteiger partial charge in [0.1, 0.15) is 11.3 Å². The number of benzene rings is 2. The Bertz CT molecular complexity index is 911. The van der Waals surface area contributed by atoms with E-state index in [0.29, 0.717) is 0 Å². The fraction of sp³-hybridized carbons (Fsp3) is 0. The van der Waals surface area contributed by atoms with Gasteiger partial charge in [0.25, 0.3) is 5.75 Å². The molecule has 0 saturated heterocycles. The first-order valence-electron chi connectivity index (χ1n) is 6.32. The van der Waals surface area contributed by atoms with Gasteiger partial charge in [0.2, 0.25) is 0 Å². The Morgan fingerprint density at radius 2 is 1.77 bits per heavy atom. The summed E-state index contributed by atoms with van der Waals surface area (Å²) >= 11 is 0. The second-order valence-electron chi connectivity index (χ2n) is 4.50. The van der Waals surface area contributed by atoms with E-state index in [9.17, 15) is 19.8 Å². The third kappa shape index (κ3) is 2.37. The summed E-state index contributed by atoms with van der Waals surface area (Å²) < 4.78 is 9.89. The van der Waals surface area contributed by atoms with Gasteiger partial charge in [0.15, 0.2) is 5.75 Å². The molecular formula is C16H10O6. The van der Waals surface area contributed by atoms with Crippen molar-refractivity contribution in [2.75, 3.05) is 0 Å². The molecule has 1 heterocycles. The summed E-state index contributed by atoms with van der Waals surface area (Å²) in [5.74, 6) is -2.11. The Morgan fingerprint density at radius 1 is 1.05 bits per heavy atom. The molecule has 6 nitrogen and oxygen atoms in total. The number of rotatable bonds is 2. The van der Waals surface area contributed by atoms with Crippen molar-refractivity contribution in [3.63, 3.8) is 0 Å². The van der Waals surface area contributed by atoms with Gasteiger partial charge in [-0.3, -0.25) is 0 Å². The van der Waals surface area contributed by atoms with Crippen molar-refractivity contribution in [1.82, 2.24) is 0 Å². The largest absolute Gasteiger partial charge is 0.508 e. The zero-order valence-corrected chi connectivity index (χ0v) is 11.1. The predicted octanol–water partition coefficient (Wildman–Crippen LogP) is 2.42. The minimum atomic E-state index is -0.986. The summed E-state index contributed by atoms with van der Waals surface area (Å²) in [6.45, 7) is 0. The van der Waals surface area contributed by atoms with Crippen LogP contribution in [0.1, 0.15) is 10.4 Å². The maximum atomic E-state index is 12.0. The minimum absolute atomic E-state index is 0.0652. The molecule has 0 aliphatic heterocycles. The predicted molar refractivity (Wildman–Crippen MR) is 77.2 cm³/mol. The van der Waals surface area contributed by atoms with Crippen molar-refractivity contribution >= 4 is 16.9 Å². The number of carbonyl (C=O) groups excluding carboxylic acids is 1. The monoisotopic (exact) mass is 298 g/mol. The van der Waals surface area contributed by atoms with Gasteiger partial charge in [-0.25, -0.2) is 9.59 Å². The van der Waals surface area contributed by atoms with E-state index in [4.69, 9.17) is 9.15 Å². The van der Waals surface area contributed by atoms with Crippen LogP contribution in [-0.4, -0.2) is 16.2 Å². The zero-order valence-electron chi connectivity index (χ0n) is 11.1. The normalized spacial score (nSPS) is 10.5. The summed E-state index contributed by atoms with van der Waals surface area (Å²) in [5.41, 5.74) is -0.697. The molecule has 6 heteroatoms. The minimum Gasteiger partial charge on any atom is -0.508 e. The van der Waals surface area contributed by atoms with Crippen molar-refractivity contribution in [2.45, 2.75) is 0 Å². The summed E-state index contributed by atoms with van der Waals surface area (Å²) in [6, 6.07) is 11.8. The molecule has 2 N–H and O–H groups in total. The molecule has 0 radical (unpaired) electrons. The van der Waals surface area contributed by atoms with Crippen molar-refractivity contribution in [3.05, 3.63) is 64.5 Å². The van der Waals surface area contributed by atoms with Crippen LogP contribution in [0.15, 0.2) is 57.7 Å². The van der Waals surface area contributed by atoms with Crippen LogP contribution in [0.4, 0.5) is 0 Å². The van der Waals surface area contributed by atoms with Crippen molar-refractivity contribution in [1.29, 1.82) is 0 Å². The number of ether oxygens (including phenoxy) is 1. The Morgan fingerprint density at radius 3 is 2.50 bits per heavy atom. The molecule has 0 fully saturated rings. The highest BCUT2D eigenvalue weighted by Crippen LogP contribution is 2.33. The molecule has 0 aliphatic rings. The van der Waals surface area contributed by atoms with Gasteiger partial charge in [-0.05, 0) is 30.3 Å². The van der Waals surface area contributed by atoms with E-state index in [2.05, 4.69) is 0 Å². The lowest BCUT2D eigenvalue weighted by Crippen LogP contribution is -2.14. The molecule has 0 aliphatic carbocycles. The number of esters is 1. The molecular weight excluding hydrogens is 288 g/mol. The average Bonchev–Trinajstić information content (AvgIpc) is 2.53. The van der Waals surface area contributed by atoms with Crippen LogP contribution in [0.3, 0.4) is 0 Å². The highest BCUT2D eigenvalue weighted by atomic mass is 16.6. The molecule has 0 unspecified atom stereocenters. The van der Waals surface area contributed by atoms with Gasteiger partial charge in [-0.15, -0.1) is 0 Å². The van der Waals surface area contributed by atoms with Crippen molar-refractivity contribution in [2.24, 2.45) is 0 Å². The third-order valence-corrected chi connectivity index (χ3v) is 3.03. The van der Waals surface area contributed by atoms with Crippen LogP contribution in [0, 0.1) is 0 Å². The van der Waals surface area contributed by atoms with E-state index in [1.165, 1.54) is 30.3 Å². The topological polar surface area (TPSA) is 97.0 Å². The van der Waals surface area contributed by atoms with E-state index < -0.39 is 23.1 Å². The standard InChI is InChI=1S/C16H10O6/c17-10-6-7-12-11(8-10)13(18)14(16(20)21-12)22-15(19)9-4-2-1-3-5-9/h1-8,17-18H.